The van der Waals surface area contributed by atoms with Crippen molar-refractivity contribution >= 4 is 22.4 Å². The summed E-state index contributed by atoms with van der Waals surface area (Å²) in [5.74, 6) is -0.235. The topological polar surface area (TPSA) is 93.8 Å². The van der Waals surface area contributed by atoms with Crippen molar-refractivity contribution in [3.63, 3.8) is 0 Å². The fraction of sp³-hybridized carbons (Fsp3) is 0.200. The van der Waals surface area contributed by atoms with E-state index in [1.165, 1.54) is 29.9 Å². The first-order chi connectivity index (χ1) is 8.25. The molecule has 2 heterocycles. The van der Waals surface area contributed by atoms with Crippen LogP contribution in [0.3, 0.4) is 0 Å². The van der Waals surface area contributed by atoms with Crippen LogP contribution in [0.1, 0.15) is 16.2 Å². The molecule has 0 saturated carbocycles. The number of nitrogens with one attached hydrogen (secondary N) is 1. The van der Waals surface area contributed by atoms with Gasteiger partial charge in [0.15, 0.2) is 5.13 Å². The Morgan fingerprint density at radius 2 is 2.35 bits per heavy atom. The summed E-state index contributed by atoms with van der Waals surface area (Å²) in [6.45, 7) is 0.499. The predicted molar refractivity (Wildman–Crippen MR) is 64.6 cm³/mol. The molecule has 0 fully saturated rings. The lowest BCUT2D eigenvalue weighted by Gasteiger charge is -2.02. The van der Waals surface area contributed by atoms with Gasteiger partial charge in [0.2, 0.25) is 0 Å². The molecule has 88 valence electrons. The van der Waals surface area contributed by atoms with E-state index in [9.17, 15) is 4.79 Å². The molecular formula is C10H11N5OS. The summed E-state index contributed by atoms with van der Waals surface area (Å²) in [6.07, 6.45) is 5.08. The van der Waals surface area contributed by atoms with E-state index in [0.29, 0.717) is 23.8 Å². The lowest BCUT2D eigenvalue weighted by atomic mass is 10.3. The summed E-state index contributed by atoms with van der Waals surface area (Å²) in [4.78, 5) is 23.4. The Hall–Kier alpha value is -2.02. The fourth-order valence-corrected chi connectivity index (χ4v) is 1.85. The van der Waals surface area contributed by atoms with E-state index < -0.39 is 0 Å². The van der Waals surface area contributed by atoms with Crippen molar-refractivity contribution in [2.45, 2.75) is 6.42 Å². The van der Waals surface area contributed by atoms with Gasteiger partial charge in [-0.05, 0) is 0 Å². The van der Waals surface area contributed by atoms with Crippen molar-refractivity contribution in [2.24, 2.45) is 0 Å². The van der Waals surface area contributed by atoms with Crippen LogP contribution < -0.4 is 11.1 Å². The van der Waals surface area contributed by atoms with E-state index >= 15 is 0 Å². The van der Waals surface area contributed by atoms with Crippen LogP contribution in [0.15, 0.2) is 24.0 Å². The van der Waals surface area contributed by atoms with Crippen molar-refractivity contribution in [3.8, 4) is 0 Å². The highest BCUT2D eigenvalue weighted by Crippen LogP contribution is 2.10. The summed E-state index contributed by atoms with van der Waals surface area (Å²) in [5, 5.41) is 5.16. The molecule has 6 nitrogen and oxygen atoms in total. The van der Waals surface area contributed by atoms with Crippen LogP contribution in [-0.4, -0.2) is 27.4 Å². The number of carbonyl (C=O) groups is 1. The molecule has 0 aliphatic carbocycles. The minimum absolute atomic E-state index is 0.235. The molecule has 17 heavy (non-hydrogen) atoms. The molecule has 0 aliphatic heterocycles. The minimum atomic E-state index is -0.235. The molecule has 0 spiro atoms. The van der Waals surface area contributed by atoms with E-state index in [1.54, 1.807) is 0 Å². The first-order valence-electron chi connectivity index (χ1n) is 5.00. The van der Waals surface area contributed by atoms with E-state index in [1.807, 2.05) is 5.38 Å². The van der Waals surface area contributed by atoms with Crippen LogP contribution in [-0.2, 0) is 6.42 Å². The van der Waals surface area contributed by atoms with Gasteiger partial charge in [-0.1, -0.05) is 0 Å². The second-order valence-corrected chi connectivity index (χ2v) is 4.16. The van der Waals surface area contributed by atoms with Gasteiger partial charge in [-0.3, -0.25) is 9.78 Å². The quantitative estimate of drug-likeness (QED) is 0.822. The summed E-state index contributed by atoms with van der Waals surface area (Å²) in [5.41, 5.74) is 6.69. The van der Waals surface area contributed by atoms with Crippen molar-refractivity contribution < 1.29 is 4.79 Å². The third-order valence-electron chi connectivity index (χ3n) is 2.03. The number of thiazole rings is 1. The summed E-state index contributed by atoms with van der Waals surface area (Å²) >= 11 is 1.39. The van der Waals surface area contributed by atoms with E-state index in [2.05, 4.69) is 20.3 Å². The van der Waals surface area contributed by atoms with Crippen LogP contribution in [0.25, 0.3) is 0 Å². The van der Waals surface area contributed by atoms with E-state index in [0.717, 1.165) is 5.69 Å². The molecule has 0 bridgehead atoms. The van der Waals surface area contributed by atoms with Gasteiger partial charge in [0, 0.05) is 30.7 Å². The molecule has 2 aromatic heterocycles. The number of rotatable bonds is 4. The Morgan fingerprint density at radius 1 is 1.47 bits per heavy atom. The number of hydrogen-bond acceptors (Lipinski definition) is 6. The van der Waals surface area contributed by atoms with Crippen LogP contribution in [0.5, 0.6) is 0 Å². The predicted octanol–water partition coefficient (Wildman–Crippen LogP) is 0.488. The molecule has 2 aromatic rings. The van der Waals surface area contributed by atoms with Crippen LogP contribution in [0.4, 0.5) is 5.13 Å². The minimum Gasteiger partial charge on any atom is -0.375 e. The number of hydrogen-bond donors (Lipinski definition) is 2. The maximum absolute atomic E-state index is 11.6. The van der Waals surface area contributed by atoms with Gasteiger partial charge in [0.1, 0.15) is 5.69 Å². The first-order valence-corrected chi connectivity index (χ1v) is 5.88. The standard InChI is InChI=1S/C10H11N5OS/c11-10-15-7(6-17-10)1-2-14-9(16)8-5-12-3-4-13-8/h3-6H,1-2H2,(H2,11,15)(H,14,16). The normalized spacial score (nSPS) is 10.1. The lowest BCUT2D eigenvalue weighted by molar-refractivity contribution is 0.0948. The van der Waals surface area contributed by atoms with Gasteiger partial charge < -0.3 is 11.1 Å². The zero-order valence-electron chi connectivity index (χ0n) is 8.96. The van der Waals surface area contributed by atoms with Gasteiger partial charge in [-0.2, -0.15) is 0 Å². The molecule has 3 N–H and O–H groups in total. The monoisotopic (exact) mass is 249 g/mol. The molecule has 7 heteroatoms. The Bertz CT molecular complexity index is 498. The molecule has 2 rings (SSSR count). The van der Waals surface area contributed by atoms with Crippen molar-refractivity contribution in [2.75, 3.05) is 12.3 Å². The number of amides is 1. The molecule has 1 amide bonds. The van der Waals surface area contributed by atoms with Crippen molar-refractivity contribution in [1.82, 2.24) is 20.3 Å². The maximum Gasteiger partial charge on any atom is 0.271 e. The number of nitrogens with zero attached hydrogens (tertiary/aromatic N) is 3. The van der Waals surface area contributed by atoms with Crippen molar-refractivity contribution in [3.05, 3.63) is 35.4 Å². The van der Waals surface area contributed by atoms with E-state index in [4.69, 9.17) is 5.73 Å². The Labute approximate surface area is 102 Å². The second-order valence-electron chi connectivity index (χ2n) is 3.27. The highest BCUT2D eigenvalue weighted by Gasteiger charge is 2.06. The molecular weight excluding hydrogens is 238 g/mol. The largest absolute Gasteiger partial charge is 0.375 e. The number of aromatic nitrogens is 3. The molecule has 0 unspecified atom stereocenters. The lowest BCUT2D eigenvalue weighted by Crippen LogP contribution is -2.26. The Balaban J connectivity index is 1.81. The third kappa shape index (κ3) is 3.22. The van der Waals surface area contributed by atoms with Gasteiger partial charge in [0.05, 0.1) is 11.9 Å². The molecule has 0 aromatic carbocycles. The average molecular weight is 249 g/mol. The SMILES string of the molecule is Nc1nc(CCNC(=O)c2cnccn2)cs1. The Kier molecular flexibility index (Phi) is 3.61. The van der Waals surface area contributed by atoms with Gasteiger partial charge in [-0.15, -0.1) is 11.3 Å². The molecule has 0 aliphatic rings. The summed E-state index contributed by atoms with van der Waals surface area (Å²) in [6, 6.07) is 0. The van der Waals surface area contributed by atoms with Crippen LogP contribution in [0.2, 0.25) is 0 Å². The molecule has 0 radical (unpaired) electrons. The average Bonchev–Trinajstić information content (AvgIpc) is 2.76. The number of nitrogens with two attached hydrogens (primary N) is 1. The third-order valence-corrected chi connectivity index (χ3v) is 2.75. The maximum atomic E-state index is 11.6. The molecule has 0 atom stereocenters. The number of nitrogen functional groups attached to an aromatic ring is 1. The van der Waals surface area contributed by atoms with Crippen LogP contribution in [0, 0.1) is 0 Å². The fourth-order valence-electron chi connectivity index (χ4n) is 1.25. The molecule has 0 saturated heterocycles. The zero-order chi connectivity index (χ0) is 12.1. The smallest absolute Gasteiger partial charge is 0.271 e. The number of carbonyl (C=O) groups excluding carboxylic acids is 1. The van der Waals surface area contributed by atoms with Gasteiger partial charge >= 0.3 is 0 Å². The van der Waals surface area contributed by atoms with Crippen LogP contribution >= 0.6 is 11.3 Å². The zero-order valence-corrected chi connectivity index (χ0v) is 9.78. The number of anilines is 1. The Morgan fingerprint density at radius 3 is 3.00 bits per heavy atom. The summed E-state index contributed by atoms with van der Waals surface area (Å²) in [7, 11) is 0. The van der Waals surface area contributed by atoms with Crippen molar-refractivity contribution in [1.29, 1.82) is 0 Å². The van der Waals surface area contributed by atoms with Gasteiger partial charge in [0.25, 0.3) is 5.91 Å². The highest BCUT2D eigenvalue weighted by atomic mass is 32.1. The highest BCUT2D eigenvalue weighted by molar-refractivity contribution is 7.13. The first kappa shape index (κ1) is 11.5. The summed E-state index contributed by atoms with van der Waals surface area (Å²) < 4.78 is 0. The van der Waals surface area contributed by atoms with E-state index in [-0.39, 0.29) is 5.91 Å². The second kappa shape index (κ2) is 5.35. The van der Waals surface area contributed by atoms with Gasteiger partial charge in [-0.25, -0.2) is 9.97 Å².